The predicted octanol–water partition coefficient (Wildman–Crippen LogP) is 6.89. The van der Waals surface area contributed by atoms with Gasteiger partial charge in [0.05, 0.1) is 17.8 Å². The molecule has 3 aromatic carbocycles. The van der Waals surface area contributed by atoms with Crippen LogP contribution in [0.25, 0.3) is 0 Å². The molecule has 0 radical (unpaired) electrons. The van der Waals surface area contributed by atoms with Crippen LogP contribution in [-0.4, -0.2) is 13.3 Å². The van der Waals surface area contributed by atoms with Crippen molar-refractivity contribution < 1.29 is 9.47 Å². The van der Waals surface area contributed by atoms with E-state index >= 15 is 0 Å². The molecular formula is C23H21Cl2NO2. The maximum Gasteiger partial charge on any atom is 0.180 e. The molecule has 0 fully saturated rings. The van der Waals surface area contributed by atoms with Crippen molar-refractivity contribution in [2.24, 2.45) is 4.99 Å². The molecule has 144 valence electrons. The first-order valence-corrected chi connectivity index (χ1v) is 9.72. The number of rotatable bonds is 7. The molecule has 0 unspecified atom stereocenters. The van der Waals surface area contributed by atoms with Crippen molar-refractivity contribution >= 4 is 35.1 Å². The lowest BCUT2D eigenvalue weighted by Gasteiger charge is -2.13. The summed E-state index contributed by atoms with van der Waals surface area (Å²) in [6.07, 6.45) is 2.77. The molecule has 0 bridgehead atoms. The first-order valence-electron chi connectivity index (χ1n) is 8.97. The lowest BCUT2D eigenvalue weighted by molar-refractivity contribution is 0.284. The van der Waals surface area contributed by atoms with E-state index in [1.807, 2.05) is 42.5 Å². The Morgan fingerprint density at radius 1 is 0.964 bits per heavy atom. The average Bonchev–Trinajstić information content (AvgIpc) is 2.71. The van der Waals surface area contributed by atoms with Crippen molar-refractivity contribution in [1.29, 1.82) is 0 Å². The first-order chi connectivity index (χ1) is 13.6. The number of aryl methyl sites for hydroxylation is 1. The predicted molar refractivity (Wildman–Crippen MR) is 117 cm³/mol. The molecule has 0 atom stereocenters. The van der Waals surface area contributed by atoms with Gasteiger partial charge in [0.2, 0.25) is 0 Å². The number of hydrogen-bond donors (Lipinski definition) is 0. The minimum Gasteiger partial charge on any atom is -0.493 e. The maximum atomic E-state index is 6.44. The minimum atomic E-state index is 0.341. The van der Waals surface area contributed by atoms with Crippen LogP contribution < -0.4 is 9.47 Å². The molecule has 3 aromatic rings. The Hall–Kier alpha value is -2.49. The third kappa shape index (κ3) is 5.28. The van der Waals surface area contributed by atoms with E-state index in [9.17, 15) is 0 Å². The van der Waals surface area contributed by atoms with Crippen LogP contribution in [0.5, 0.6) is 11.5 Å². The van der Waals surface area contributed by atoms with Gasteiger partial charge in [-0.15, -0.1) is 0 Å². The van der Waals surface area contributed by atoms with Gasteiger partial charge >= 0.3 is 0 Å². The molecule has 0 aromatic heterocycles. The standard InChI is InChI=1S/C23H21Cl2NO2/c1-3-16-7-9-20(10-8-16)26-14-18-12-21(25)23(22(13-18)27-2)28-15-17-5-4-6-19(24)11-17/h4-14H,3,15H2,1-2H3. The molecule has 0 amide bonds. The Morgan fingerprint density at radius 2 is 1.75 bits per heavy atom. The Balaban J connectivity index is 1.77. The lowest BCUT2D eigenvalue weighted by Crippen LogP contribution is -1.99. The summed E-state index contributed by atoms with van der Waals surface area (Å²) in [6.45, 7) is 2.47. The van der Waals surface area contributed by atoms with Gasteiger partial charge in [0.15, 0.2) is 11.5 Å². The fourth-order valence-electron chi connectivity index (χ4n) is 2.70. The van der Waals surface area contributed by atoms with Crippen LogP contribution in [0.4, 0.5) is 5.69 Å². The van der Waals surface area contributed by atoms with Gasteiger partial charge in [-0.3, -0.25) is 4.99 Å². The number of methoxy groups -OCH3 is 1. The molecular weight excluding hydrogens is 393 g/mol. The molecule has 0 N–H and O–H groups in total. The van der Waals surface area contributed by atoms with Crippen molar-refractivity contribution in [2.75, 3.05) is 7.11 Å². The fraction of sp³-hybridized carbons (Fsp3) is 0.174. The summed E-state index contributed by atoms with van der Waals surface area (Å²) in [6, 6.07) is 19.3. The van der Waals surface area contributed by atoms with Gasteiger partial charge in [-0.2, -0.15) is 0 Å². The highest BCUT2D eigenvalue weighted by Crippen LogP contribution is 2.36. The van der Waals surface area contributed by atoms with Gasteiger partial charge in [0.1, 0.15) is 6.61 Å². The SMILES string of the molecule is CCc1ccc(N=Cc2cc(Cl)c(OCc3cccc(Cl)c3)c(OC)c2)cc1. The number of nitrogens with zero attached hydrogens (tertiary/aromatic N) is 1. The van der Waals surface area contributed by atoms with Gasteiger partial charge in [-0.05, 0) is 59.5 Å². The average molecular weight is 414 g/mol. The van der Waals surface area contributed by atoms with Gasteiger partial charge in [-0.25, -0.2) is 0 Å². The summed E-state index contributed by atoms with van der Waals surface area (Å²) in [7, 11) is 1.59. The van der Waals surface area contributed by atoms with Crippen molar-refractivity contribution in [3.05, 3.63) is 87.4 Å². The molecule has 0 heterocycles. The van der Waals surface area contributed by atoms with Crippen LogP contribution in [0.2, 0.25) is 10.0 Å². The quantitative estimate of drug-likeness (QED) is 0.394. The second-order valence-electron chi connectivity index (χ2n) is 6.23. The highest BCUT2D eigenvalue weighted by atomic mass is 35.5. The topological polar surface area (TPSA) is 30.8 Å². The summed E-state index contributed by atoms with van der Waals surface area (Å²) >= 11 is 12.5. The normalized spacial score (nSPS) is 11.0. The number of ether oxygens (including phenoxy) is 2. The largest absolute Gasteiger partial charge is 0.493 e. The van der Waals surface area contributed by atoms with E-state index in [0.29, 0.717) is 28.2 Å². The fourth-order valence-corrected chi connectivity index (χ4v) is 3.19. The lowest BCUT2D eigenvalue weighted by atomic mass is 10.1. The second kappa shape index (κ2) is 9.63. The van der Waals surface area contributed by atoms with E-state index in [1.54, 1.807) is 19.4 Å². The van der Waals surface area contributed by atoms with Crippen molar-refractivity contribution in [1.82, 2.24) is 0 Å². The molecule has 0 saturated heterocycles. The summed E-state index contributed by atoms with van der Waals surface area (Å²) in [5.41, 5.74) is 3.95. The molecule has 28 heavy (non-hydrogen) atoms. The molecule has 3 nitrogen and oxygen atoms in total. The van der Waals surface area contributed by atoms with Crippen LogP contribution in [0.1, 0.15) is 23.6 Å². The molecule has 5 heteroatoms. The van der Waals surface area contributed by atoms with Gasteiger partial charge in [-0.1, -0.05) is 54.4 Å². The molecule has 0 aliphatic carbocycles. The van der Waals surface area contributed by atoms with Gasteiger partial charge < -0.3 is 9.47 Å². The highest BCUT2D eigenvalue weighted by Gasteiger charge is 2.12. The number of hydrogen-bond acceptors (Lipinski definition) is 3. The van der Waals surface area contributed by atoms with Crippen molar-refractivity contribution in [3.63, 3.8) is 0 Å². The Labute approximate surface area is 175 Å². The second-order valence-corrected chi connectivity index (χ2v) is 7.07. The summed E-state index contributed by atoms with van der Waals surface area (Å²) < 4.78 is 11.3. The summed E-state index contributed by atoms with van der Waals surface area (Å²) in [5, 5.41) is 1.13. The smallest absolute Gasteiger partial charge is 0.180 e. The monoisotopic (exact) mass is 413 g/mol. The van der Waals surface area contributed by atoms with E-state index in [1.165, 1.54) is 5.56 Å². The Kier molecular flexibility index (Phi) is 6.96. The molecule has 0 saturated carbocycles. The molecule has 0 aliphatic rings. The Morgan fingerprint density at radius 3 is 2.43 bits per heavy atom. The molecule has 0 spiro atoms. The summed E-state index contributed by atoms with van der Waals surface area (Å²) in [5.74, 6) is 1.05. The van der Waals surface area contributed by atoms with E-state index in [0.717, 1.165) is 23.2 Å². The van der Waals surface area contributed by atoms with Gasteiger partial charge in [0.25, 0.3) is 0 Å². The third-order valence-corrected chi connectivity index (χ3v) is 4.75. The number of benzene rings is 3. The first kappa shape index (κ1) is 20.2. The van der Waals surface area contributed by atoms with Crippen molar-refractivity contribution in [2.45, 2.75) is 20.0 Å². The van der Waals surface area contributed by atoms with Crippen LogP contribution in [0, 0.1) is 0 Å². The molecule has 0 aliphatic heterocycles. The van der Waals surface area contributed by atoms with Crippen LogP contribution in [0.3, 0.4) is 0 Å². The van der Waals surface area contributed by atoms with Gasteiger partial charge in [0, 0.05) is 11.2 Å². The van der Waals surface area contributed by atoms with Crippen LogP contribution in [0.15, 0.2) is 65.7 Å². The third-order valence-electron chi connectivity index (χ3n) is 4.23. The van der Waals surface area contributed by atoms with Crippen molar-refractivity contribution in [3.8, 4) is 11.5 Å². The van der Waals surface area contributed by atoms with E-state index < -0.39 is 0 Å². The van der Waals surface area contributed by atoms with E-state index in [4.69, 9.17) is 32.7 Å². The summed E-state index contributed by atoms with van der Waals surface area (Å²) in [4.78, 5) is 4.51. The number of aliphatic imine (C=N–C) groups is 1. The minimum absolute atomic E-state index is 0.341. The zero-order valence-corrected chi connectivity index (χ0v) is 17.3. The number of halogens is 2. The van der Waals surface area contributed by atoms with E-state index in [2.05, 4.69) is 24.0 Å². The maximum absolute atomic E-state index is 6.44. The zero-order chi connectivity index (χ0) is 19.9. The zero-order valence-electron chi connectivity index (χ0n) is 15.8. The Bertz CT molecular complexity index is 969. The highest BCUT2D eigenvalue weighted by molar-refractivity contribution is 6.32. The van der Waals surface area contributed by atoms with Crippen LogP contribution >= 0.6 is 23.2 Å². The van der Waals surface area contributed by atoms with Crippen LogP contribution in [-0.2, 0) is 13.0 Å². The molecule has 3 rings (SSSR count). The van der Waals surface area contributed by atoms with E-state index in [-0.39, 0.29) is 0 Å².